The Morgan fingerprint density at radius 3 is 1.46 bits per heavy atom. The number of hydrogen-bond donors (Lipinski definition) is 1. The maximum Gasteiger partial charge on any atom is 0.258 e. The topological polar surface area (TPSA) is 216 Å². The van der Waals surface area contributed by atoms with Gasteiger partial charge in [0.2, 0.25) is 29.4 Å². The van der Waals surface area contributed by atoms with Crippen LogP contribution in [0.3, 0.4) is 0 Å². The molecule has 1 N–H and O–H groups in total. The number of rotatable bonds is 3. The summed E-state index contributed by atoms with van der Waals surface area (Å²) in [6.07, 6.45) is 0.550. The van der Waals surface area contributed by atoms with Crippen molar-refractivity contribution in [3.8, 4) is 0 Å². The third-order valence-electron chi connectivity index (χ3n) is 15.7. The Hall–Kier alpha value is -9.14. The second-order valence-electron chi connectivity index (χ2n) is 21.7. The lowest BCUT2D eigenvalue weighted by molar-refractivity contribution is -0.117. The van der Waals surface area contributed by atoms with E-state index in [1.807, 2.05) is 91.0 Å². The first kappa shape index (κ1) is 69.2. The summed E-state index contributed by atoms with van der Waals surface area (Å²) in [5, 5.41) is 3.50. The van der Waals surface area contributed by atoms with E-state index in [1.165, 1.54) is 47.3 Å². The number of amides is 5. The number of nitrogens with one attached hydrogen (secondary N) is 1. The summed E-state index contributed by atoms with van der Waals surface area (Å²) in [5.41, 5.74) is 8.10. The van der Waals surface area contributed by atoms with Crippen molar-refractivity contribution in [2.24, 2.45) is 0 Å². The van der Waals surface area contributed by atoms with E-state index < -0.39 is 11.5 Å². The van der Waals surface area contributed by atoms with Crippen molar-refractivity contribution < 1.29 is 52.7 Å². The van der Waals surface area contributed by atoms with Crippen LogP contribution in [0.25, 0.3) is 0 Å². The molecule has 8 aromatic carbocycles. The standard InChI is InChI=1S/C17H15NO2.C15H11NO2.C11H11NO2.C10H8BrNO2.C10H8ClNO2.C8H3Cl4NO/c1-12(19)18-15-10-6-5-9-14(15)17(20)16(18)11-13-7-3-2-4-8-13;17-14-10-16(13-9-5-4-8-12(13)14)15(18)11-6-2-1-3-7-11;1-7-11(14)9-5-3-4-6-10(9)12(7)8(2)13;1-6(13)12-5-10(14)8-3-2-7(11)4-9(8)12;1-6(13)12-8-5-3-2-4-7(8)9(14)10(12)11;9-4-3-2(14)1-13-8(3)7(12)6(11)5(4)10/h2-10,16H,11H2,1H3;1-9H,10H2;3-7H,1-2H3;2-4H,5H2,1H3;2-5,10H,1H3;13H,1H2. The van der Waals surface area contributed by atoms with Gasteiger partial charge in [-0.05, 0) is 91.3 Å². The molecule has 0 fully saturated rings. The number of ketones is 6. The molecule has 6 aliphatic heterocycles. The van der Waals surface area contributed by atoms with Gasteiger partial charge in [0.15, 0.2) is 34.4 Å². The first-order valence-corrected chi connectivity index (χ1v) is 31.8. The SMILES string of the molecule is CC(=O)N1CC(=O)c2ccc(Br)cc21.CC(=O)N1c2ccccc2C(=O)C1C.CC(=O)N1c2ccccc2C(=O)C1Cc1ccccc1.CC(=O)N1c2ccccc2C(=O)C1Cl.O=C1CN(C(=O)c2ccccc2)c2ccccc21.O=C1CNc2c(Cl)c(Cl)c(Cl)c(Cl)c21. The molecule has 478 valence electrons. The molecule has 3 atom stereocenters. The Balaban J connectivity index is 0.000000134. The minimum absolute atomic E-state index is 0.00250. The van der Waals surface area contributed by atoms with E-state index in [2.05, 4.69) is 21.2 Å². The maximum atomic E-state index is 12.5. The predicted octanol–water partition coefficient (Wildman–Crippen LogP) is 14.7. The molecule has 6 aliphatic rings. The van der Waals surface area contributed by atoms with Crippen molar-refractivity contribution in [1.82, 2.24) is 0 Å². The zero-order valence-electron chi connectivity index (χ0n) is 50.8. The highest BCUT2D eigenvalue weighted by Gasteiger charge is 2.41. The van der Waals surface area contributed by atoms with Gasteiger partial charge in [0, 0.05) is 72.0 Å². The number of Topliss-reactive ketones (excluding diaryl/α,β-unsaturated/α-hetero) is 6. The number of anilines is 6. The van der Waals surface area contributed by atoms with Crippen LogP contribution in [0.15, 0.2) is 180 Å². The van der Waals surface area contributed by atoms with E-state index in [0.29, 0.717) is 68.1 Å². The van der Waals surface area contributed by atoms with Crippen molar-refractivity contribution in [1.29, 1.82) is 0 Å². The molecular weight excluding hydrogens is 1370 g/mol. The minimum Gasteiger partial charge on any atom is -0.376 e. The molecule has 0 saturated heterocycles. The number of benzene rings is 8. The fourth-order valence-electron chi connectivity index (χ4n) is 11.3. The number of halogens is 6. The summed E-state index contributed by atoms with van der Waals surface area (Å²) in [7, 11) is 0. The zero-order chi connectivity index (χ0) is 68.0. The Kier molecular flexibility index (Phi) is 22.0. The number of alkyl halides is 1. The first-order valence-electron chi connectivity index (χ1n) is 29.0. The highest BCUT2D eigenvalue weighted by atomic mass is 79.9. The van der Waals surface area contributed by atoms with Crippen molar-refractivity contribution in [2.75, 3.05) is 49.5 Å². The second kappa shape index (κ2) is 29.9. The molecule has 0 saturated carbocycles. The Bertz CT molecular complexity index is 4340. The molecule has 0 aliphatic carbocycles. The molecule has 0 spiro atoms. The summed E-state index contributed by atoms with van der Waals surface area (Å²) in [6, 6.07) is 52.0. The molecule has 17 nitrogen and oxygen atoms in total. The van der Waals surface area contributed by atoms with E-state index in [9.17, 15) is 52.7 Å². The molecule has 5 amide bonds. The fourth-order valence-corrected chi connectivity index (χ4v) is 13.0. The van der Waals surface area contributed by atoms with E-state index in [0.717, 1.165) is 21.4 Å². The van der Waals surface area contributed by atoms with Crippen LogP contribution in [-0.4, -0.2) is 101 Å². The molecule has 8 aromatic rings. The molecule has 0 radical (unpaired) electrons. The van der Waals surface area contributed by atoms with Crippen LogP contribution >= 0.6 is 73.9 Å². The maximum absolute atomic E-state index is 12.5. The lowest BCUT2D eigenvalue weighted by Gasteiger charge is -2.22. The molecule has 94 heavy (non-hydrogen) atoms. The molecular formula is C71H56BrCl5N6O11. The van der Waals surface area contributed by atoms with Crippen LogP contribution in [0.5, 0.6) is 0 Å². The summed E-state index contributed by atoms with van der Waals surface area (Å²) in [5.74, 6) is -0.927. The van der Waals surface area contributed by atoms with Gasteiger partial charge in [0.05, 0.1) is 85.5 Å². The van der Waals surface area contributed by atoms with Gasteiger partial charge in [-0.25, -0.2) is 0 Å². The molecule has 14 rings (SSSR count). The Labute approximate surface area is 574 Å². The van der Waals surface area contributed by atoms with Crippen LogP contribution in [0.4, 0.5) is 34.1 Å². The molecule has 23 heteroatoms. The first-order chi connectivity index (χ1) is 44.8. The molecule has 0 bridgehead atoms. The summed E-state index contributed by atoms with van der Waals surface area (Å²) in [6.45, 7) is 8.07. The average Bonchev–Trinajstić information content (AvgIpc) is 1.50. The van der Waals surface area contributed by atoms with Crippen molar-refractivity contribution >= 4 is 172 Å². The van der Waals surface area contributed by atoms with Crippen LogP contribution < -0.4 is 29.8 Å². The van der Waals surface area contributed by atoms with E-state index in [1.54, 1.807) is 96.8 Å². The number of hydrogen-bond acceptors (Lipinski definition) is 12. The summed E-state index contributed by atoms with van der Waals surface area (Å²) < 4.78 is 0.872. The van der Waals surface area contributed by atoms with Gasteiger partial charge in [0.25, 0.3) is 5.91 Å². The molecule has 0 aromatic heterocycles. The highest BCUT2D eigenvalue weighted by Crippen LogP contribution is 2.46. The number of nitrogens with zero attached hydrogens (tertiary/aromatic N) is 5. The number of para-hydroxylation sites is 4. The average molecular weight is 1430 g/mol. The lowest BCUT2D eigenvalue weighted by Crippen LogP contribution is -2.40. The van der Waals surface area contributed by atoms with E-state index in [-0.39, 0.29) is 110 Å². The molecule has 3 unspecified atom stereocenters. The van der Waals surface area contributed by atoms with Crippen LogP contribution in [0.2, 0.25) is 20.1 Å². The normalized spacial score (nSPS) is 16.4. The van der Waals surface area contributed by atoms with Crippen molar-refractivity contribution in [2.45, 2.75) is 58.6 Å². The highest BCUT2D eigenvalue weighted by molar-refractivity contribution is 9.10. The smallest absolute Gasteiger partial charge is 0.258 e. The van der Waals surface area contributed by atoms with Gasteiger partial charge in [-0.15, -0.1) is 0 Å². The second-order valence-corrected chi connectivity index (χ2v) is 24.5. The van der Waals surface area contributed by atoms with Crippen LogP contribution in [0, 0.1) is 0 Å². The van der Waals surface area contributed by atoms with Gasteiger partial charge in [-0.1, -0.05) is 171 Å². The van der Waals surface area contributed by atoms with Gasteiger partial charge in [-0.2, -0.15) is 0 Å². The van der Waals surface area contributed by atoms with Crippen LogP contribution in [-0.2, 0) is 25.6 Å². The predicted molar refractivity (Wildman–Crippen MR) is 370 cm³/mol. The lowest BCUT2D eigenvalue weighted by atomic mass is 10.0. The Morgan fingerprint density at radius 2 is 0.904 bits per heavy atom. The summed E-state index contributed by atoms with van der Waals surface area (Å²) in [4.78, 5) is 136. The van der Waals surface area contributed by atoms with Crippen LogP contribution in [0.1, 0.15) is 113 Å². The largest absolute Gasteiger partial charge is 0.376 e. The third kappa shape index (κ3) is 14.3. The van der Waals surface area contributed by atoms with E-state index in [4.69, 9.17) is 58.0 Å². The number of carbonyl (C=O) groups excluding carboxylic acids is 11. The van der Waals surface area contributed by atoms with E-state index >= 15 is 0 Å². The van der Waals surface area contributed by atoms with Gasteiger partial charge in [0.1, 0.15) is 6.04 Å². The van der Waals surface area contributed by atoms with Gasteiger partial charge < -0.3 is 20.0 Å². The monoisotopic (exact) mass is 1420 g/mol. The number of fused-ring (bicyclic) bond motifs is 6. The zero-order valence-corrected chi connectivity index (χ0v) is 56.2. The number of carbonyl (C=O) groups is 11. The fraction of sp³-hybridized carbons (Fsp3) is 0.169. The molecule has 6 heterocycles. The third-order valence-corrected chi connectivity index (χ3v) is 18.4. The van der Waals surface area contributed by atoms with Gasteiger partial charge >= 0.3 is 0 Å². The van der Waals surface area contributed by atoms with Gasteiger partial charge in [-0.3, -0.25) is 62.5 Å². The Morgan fingerprint density at radius 1 is 0.457 bits per heavy atom. The van der Waals surface area contributed by atoms with Crippen molar-refractivity contribution in [3.05, 3.63) is 245 Å². The minimum atomic E-state index is -0.884. The summed E-state index contributed by atoms with van der Waals surface area (Å²) >= 11 is 32.5. The van der Waals surface area contributed by atoms with Crippen molar-refractivity contribution in [3.63, 3.8) is 0 Å². The quantitative estimate of drug-likeness (QED) is 0.0756.